The molecule has 32 heavy (non-hydrogen) atoms. The molecular formula is C26H44O5Si. The van der Waals surface area contributed by atoms with Crippen LogP contribution in [0.5, 0.6) is 0 Å². The largest absolute Gasteiger partial charge is 0.465 e. The average Bonchev–Trinajstić information content (AvgIpc) is 2.70. The maximum absolute atomic E-state index is 13.5. The Morgan fingerprint density at radius 1 is 1.00 bits per heavy atom. The molecule has 3 atom stereocenters. The number of hydrogen-bond acceptors (Lipinski definition) is 5. The van der Waals surface area contributed by atoms with Gasteiger partial charge in [0.05, 0.1) is 25.9 Å². The molecule has 6 heteroatoms. The molecule has 0 aliphatic heterocycles. The van der Waals surface area contributed by atoms with E-state index in [0.29, 0.717) is 13.2 Å². The number of esters is 1. The molecule has 0 fully saturated rings. The van der Waals surface area contributed by atoms with Crippen molar-refractivity contribution in [2.45, 2.75) is 86.2 Å². The smallest absolute Gasteiger partial charge is 0.319 e. The summed E-state index contributed by atoms with van der Waals surface area (Å²) in [5.41, 5.74) is -0.121. The summed E-state index contributed by atoms with van der Waals surface area (Å²) in [6, 6.07) is 10.0. The molecule has 0 saturated carbocycles. The maximum atomic E-state index is 13.5. The van der Waals surface area contributed by atoms with E-state index < -0.39 is 25.6 Å². The van der Waals surface area contributed by atoms with E-state index in [1.807, 2.05) is 37.3 Å². The zero-order chi connectivity index (χ0) is 24.7. The van der Waals surface area contributed by atoms with Gasteiger partial charge in [0, 0.05) is 11.8 Å². The molecule has 0 saturated heterocycles. The fraction of sp³-hybridized carbons (Fsp3) is 0.692. The summed E-state index contributed by atoms with van der Waals surface area (Å²) >= 11 is 0. The van der Waals surface area contributed by atoms with E-state index in [0.717, 1.165) is 5.56 Å². The Balaban J connectivity index is 3.07. The van der Waals surface area contributed by atoms with Crippen LogP contribution in [-0.2, 0) is 30.1 Å². The van der Waals surface area contributed by atoms with Crippen molar-refractivity contribution in [3.8, 4) is 0 Å². The van der Waals surface area contributed by atoms with Gasteiger partial charge in [-0.25, -0.2) is 0 Å². The van der Waals surface area contributed by atoms with Crippen molar-refractivity contribution < 1.29 is 23.5 Å². The number of ether oxygens (including phenoxy) is 2. The molecule has 1 aromatic rings. The summed E-state index contributed by atoms with van der Waals surface area (Å²) in [5, 5.41) is -0.00467. The number of carbonyl (C=O) groups excluding carboxylic acids is 2. The van der Waals surface area contributed by atoms with Crippen molar-refractivity contribution in [2.75, 3.05) is 13.2 Å². The minimum Gasteiger partial charge on any atom is -0.465 e. The fourth-order valence-corrected chi connectivity index (χ4v) is 4.86. The Kier molecular flexibility index (Phi) is 10.3. The second kappa shape index (κ2) is 11.6. The van der Waals surface area contributed by atoms with Crippen LogP contribution in [0, 0.1) is 17.3 Å². The van der Waals surface area contributed by atoms with Crippen LogP contribution < -0.4 is 0 Å². The zero-order valence-corrected chi connectivity index (χ0v) is 22.8. The Labute approximate surface area is 196 Å². The van der Waals surface area contributed by atoms with Crippen LogP contribution in [0.3, 0.4) is 0 Å². The van der Waals surface area contributed by atoms with E-state index >= 15 is 0 Å². The van der Waals surface area contributed by atoms with Crippen molar-refractivity contribution in [2.24, 2.45) is 17.3 Å². The van der Waals surface area contributed by atoms with Crippen LogP contribution in [0.1, 0.15) is 61.0 Å². The van der Waals surface area contributed by atoms with Gasteiger partial charge in [0.2, 0.25) is 0 Å². The first-order valence-corrected chi connectivity index (χ1v) is 14.6. The molecule has 5 nitrogen and oxygen atoms in total. The standard InChI is InChI=1S/C26H44O5Si/c1-11-30-24(28)26(7,8)23(27)20(3)22(31-32(9,10)25(4,5)6)19(2)17-29-18-21-15-13-12-14-16-21/h12-16,19-20,22H,11,17-18H2,1-10H3. The van der Waals surface area contributed by atoms with Crippen molar-refractivity contribution in [3.63, 3.8) is 0 Å². The molecule has 1 rings (SSSR count). The summed E-state index contributed by atoms with van der Waals surface area (Å²) in [6.07, 6.45) is -0.354. The Hall–Kier alpha value is -1.50. The topological polar surface area (TPSA) is 61.8 Å². The third-order valence-corrected chi connectivity index (χ3v) is 11.1. The molecule has 0 aliphatic rings. The number of rotatable bonds is 12. The second-order valence-electron chi connectivity index (χ2n) is 10.8. The van der Waals surface area contributed by atoms with Gasteiger partial charge < -0.3 is 13.9 Å². The highest BCUT2D eigenvalue weighted by Crippen LogP contribution is 2.40. The molecule has 0 heterocycles. The van der Waals surface area contributed by atoms with Gasteiger partial charge in [-0.2, -0.15) is 0 Å². The molecule has 0 aromatic heterocycles. The Morgan fingerprint density at radius 3 is 2.06 bits per heavy atom. The molecular weight excluding hydrogens is 420 g/mol. The number of benzene rings is 1. The second-order valence-corrected chi connectivity index (χ2v) is 15.6. The van der Waals surface area contributed by atoms with E-state index in [9.17, 15) is 9.59 Å². The predicted octanol–water partition coefficient (Wildman–Crippen LogP) is 6.02. The normalized spacial score (nSPS) is 15.7. The van der Waals surface area contributed by atoms with Crippen LogP contribution >= 0.6 is 0 Å². The highest BCUT2D eigenvalue weighted by Gasteiger charge is 2.47. The fourth-order valence-electron chi connectivity index (χ4n) is 3.39. The van der Waals surface area contributed by atoms with Crippen LogP contribution in [0.2, 0.25) is 18.1 Å². The zero-order valence-electron chi connectivity index (χ0n) is 21.8. The van der Waals surface area contributed by atoms with Gasteiger partial charge in [0.1, 0.15) is 5.41 Å². The number of Topliss-reactive ketones (excluding diaryl/α,β-unsaturated/α-hetero) is 1. The van der Waals surface area contributed by atoms with E-state index in [2.05, 4.69) is 40.8 Å². The quantitative estimate of drug-likeness (QED) is 0.215. The third kappa shape index (κ3) is 7.53. The van der Waals surface area contributed by atoms with Crippen molar-refractivity contribution in [1.82, 2.24) is 0 Å². The molecule has 1 aromatic carbocycles. The van der Waals surface area contributed by atoms with E-state index in [-0.39, 0.29) is 29.5 Å². The van der Waals surface area contributed by atoms with E-state index in [1.165, 1.54) is 0 Å². The summed E-state index contributed by atoms with van der Waals surface area (Å²) in [7, 11) is -2.17. The van der Waals surface area contributed by atoms with Crippen molar-refractivity contribution >= 4 is 20.1 Å². The SMILES string of the molecule is CCOC(=O)C(C)(C)C(=O)C(C)C(O[Si](C)(C)C(C)(C)C)C(C)COCc1ccccc1. The summed E-state index contributed by atoms with van der Waals surface area (Å²) in [6.45, 7) is 21.1. The Bertz CT molecular complexity index is 736. The van der Waals surface area contributed by atoms with Gasteiger partial charge in [-0.05, 0) is 44.5 Å². The lowest BCUT2D eigenvalue weighted by atomic mass is 9.77. The first-order valence-electron chi connectivity index (χ1n) is 11.7. The van der Waals surface area contributed by atoms with Gasteiger partial charge >= 0.3 is 5.97 Å². The lowest BCUT2D eigenvalue weighted by Crippen LogP contribution is -2.51. The molecule has 182 valence electrons. The summed E-state index contributed by atoms with van der Waals surface area (Å²) in [5.74, 6) is -1.14. The van der Waals surface area contributed by atoms with Gasteiger partial charge in [-0.3, -0.25) is 9.59 Å². The Morgan fingerprint density at radius 2 is 1.56 bits per heavy atom. The summed E-state index contributed by atoms with van der Waals surface area (Å²) < 4.78 is 17.9. The number of ketones is 1. The summed E-state index contributed by atoms with van der Waals surface area (Å²) in [4.78, 5) is 25.9. The minimum atomic E-state index is -2.17. The van der Waals surface area contributed by atoms with Gasteiger partial charge in [0.15, 0.2) is 14.1 Å². The minimum absolute atomic E-state index is 0.00467. The number of hydrogen-bond donors (Lipinski definition) is 0. The highest BCUT2D eigenvalue weighted by atomic mass is 28.4. The van der Waals surface area contributed by atoms with Crippen LogP contribution in [0.15, 0.2) is 30.3 Å². The van der Waals surface area contributed by atoms with Crippen LogP contribution in [0.25, 0.3) is 0 Å². The number of carbonyl (C=O) groups is 2. The van der Waals surface area contributed by atoms with Gasteiger partial charge in [-0.1, -0.05) is 65.0 Å². The monoisotopic (exact) mass is 464 g/mol. The lowest BCUT2D eigenvalue weighted by molar-refractivity contribution is -0.160. The van der Waals surface area contributed by atoms with Crippen LogP contribution in [-0.4, -0.2) is 39.4 Å². The van der Waals surface area contributed by atoms with E-state index in [4.69, 9.17) is 13.9 Å². The first kappa shape index (κ1) is 28.5. The molecule has 0 radical (unpaired) electrons. The average molecular weight is 465 g/mol. The highest BCUT2D eigenvalue weighted by molar-refractivity contribution is 6.74. The first-order chi connectivity index (χ1) is 14.6. The predicted molar refractivity (Wildman–Crippen MR) is 132 cm³/mol. The maximum Gasteiger partial charge on any atom is 0.319 e. The van der Waals surface area contributed by atoms with Crippen molar-refractivity contribution in [3.05, 3.63) is 35.9 Å². The van der Waals surface area contributed by atoms with Gasteiger partial charge in [0.25, 0.3) is 0 Å². The molecule has 0 amide bonds. The molecule has 3 unspecified atom stereocenters. The molecule has 0 spiro atoms. The van der Waals surface area contributed by atoms with Crippen LogP contribution in [0.4, 0.5) is 0 Å². The van der Waals surface area contributed by atoms with Gasteiger partial charge in [-0.15, -0.1) is 0 Å². The third-order valence-electron chi connectivity index (χ3n) is 6.60. The molecule has 0 bridgehead atoms. The molecule has 0 aliphatic carbocycles. The lowest BCUT2D eigenvalue weighted by Gasteiger charge is -2.43. The van der Waals surface area contributed by atoms with Crippen molar-refractivity contribution in [1.29, 1.82) is 0 Å². The van der Waals surface area contributed by atoms with E-state index in [1.54, 1.807) is 20.8 Å². The molecule has 0 N–H and O–H groups in total.